The first kappa shape index (κ1) is 14.8. The van der Waals surface area contributed by atoms with E-state index in [1.165, 1.54) is 4.90 Å². The van der Waals surface area contributed by atoms with Crippen molar-refractivity contribution in [2.45, 2.75) is 34.1 Å². The molecule has 1 aliphatic rings. The van der Waals surface area contributed by atoms with Crippen LogP contribution < -0.4 is 5.32 Å². The molecular weight excluding hydrogens is 252 g/mol. The number of rotatable bonds is 2. The summed E-state index contributed by atoms with van der Waals surface area (Å²) in [6, 6.07) is -0.311. The van der Waals surface area contributed by atoms with E-state index in [0.29, 0.717) is 11.6 Å². The van der Waals surface area contributed by atoms with Crippen LogP contribution in [0.1, 0.15) is 34.1 Å². The molecule has 0 saturated carbocycles. The van der Waals surface area contributed by atoms with Crippen LogP contribution >= 0.6 is 0 Å². The van der Waals surface area contributed by atoms with Crippen LogP contribution in [0.2, 0.25) is 0 Å². The molecule has 0 aromatic rings. The molecule has 0 radical (unpaired) electrons. The van der Waals surface area contributed by atoms with Crippen molar-refractivity contribution in [2.75, 3.05) is 13.6 Å². The topological polar surface area (TPSA) is 74.1 Å². The third kappa shape index (κ3) is 3.16. The third-order valence-electron chi connectivity index (χ3n) is 2.33. The van der Waals surface area contributed by atoms with Gasteiger partial charge in [0.2, 0.25) is 5.17 Å². The van der Waals surface area contributed by atoms with E-state index in [1.54, 1.807) is 7.05 Å². The van der Waals surface area contributed by atoms with Gasteiger partial charge in [0.1, 0.15) is 15.8 Å². The smallest absolute Gasteiger partial charge is 0.323 e. The molecule has 0 aromatic heterocycles. The van der Waals surface area contributed by atoms with Crippen LogP contribution in [0.4, 0.5) is 4.79 Å². The fraction of sp³-hybridized carbons (Fsp3) is 0.727. The molecule has 1 aliphatic heterocycles. The summed E-state index contributed by atoms with van der Waals surface area (Å²) in [5.74, 6) is 0. The molecule has 0 spiro atoms. The lowest BCUT2D eigenvalue weighted by Crippen LogP contribution is -2.43. The van der Waals surface area contributed by atoms with Crippen LogP contribution in [0.15, 0.2) is 10.2 Å². The van der Waals surface area contributed by atoms with E-state index in [-0.39, 0.29) is 16.6 Å². The van der Waals surface area contributed by atoms with Crippen molar-refractivity contribution in [2.24, 2.45) is 15.6 Å². The Balaban J connectivity index is 2.73. The molecule has 0 fully saturated rings. The van der Waals surface area contributed by atoms with Crippen LogP contribution in [0.5, 0.6) is 0 Å². The zero-order valence-corrected chi connectivity index (χ0v) is 12.3. The Morgan fingerprint density at radius 3 is 2.44 bits per heavy atom. The quantitative estimate of drug-likeness (QED) is 0.827. The van der Waals surface area contributed by atoms with Crippen molar-refractivity contribution in [1.82, 2.24) is 10.2 Å². The number of hydrogen-bond acceptors (Lipinski definition) is 4. The van der Waals surface area contributed by atoms with Gasteiger partial charge in [-0.3, -0.25) is 4.90 Å². The maximum absolute atomic E-state index is 12.2. The molecule has 18 heavy (non-hydrogen) atoms. The summed E-state index contributed by atoms with van der Waals surface area (Å²) in [6.45, 7) is 8.29. The van der Waals surface area contributed by atoms with Crippen molar-refractivity contribution < 1.29 is 9.00 Å². The van der Waals surface area contributed by atoms with E-state index in [0.717, 1.165) is 6.42 Å². The van der Waals surface area contributed by atoms with Gasteiger partial charge in [0.15, 0.2) is 0 Å². The molecular formula is C11H20N4O2S. The third-order valence-corrected chi connectivity index (χ3v) is 4.06. The number of urea groups is 1. The van der Waals surface area contributed by atoms with Gasteiger partial charge in [-0.05, 0) is 6.42 Å². The summed E-state index contributed by atoms with van der Waals surface area (Å²) in [7, 11) is 0.0855. The van der Waals surface area contributed by atoms with E-state index in [4.69, 9.17) is 0 Å². The molecule has 1 unspecified atom stereocenters. The largest absolute Gasteiger partial charge is 0.338 e. The number of amidine groups is 1. The van der Waals surface area contributed by atoms with Crippen molar-refractivity contribution in [3.63, 3.8) is 0 Å². The zero-order valence-electron chi connectivity index (χ0n) is 11.5. The molecule has 2 amide bonds. The minimum Gasteiger partial charge on any atom is -0.338 e. The Hall–Kier alpha value is -1.24. The van der Waals surface area contributed by atoms with Gasteiger partial charge >= 0.3 is 6.03 Å². The summed E-state index contributed by atoms with van der Waals surface area (Å²) in [5, 5.41) is 11.2. The molecule has 1 rings (SSSR count). The summed E-state index contributed by atoms with van der Waals surface area (Å²) in [6.07, 6.45) is 0.846. The number of hydrogen-bond donors (Lipinski definition) is 1. The van der Waals surface area contributed by atoms with Gasteiger partial charge in [0.25, 0.3) is 0 Å². The fourth-order valence-corrected chi connectivity index (χ4v) is 2.60. The molecule has 0 bridgehead atoms. The maximum atomic E-state index is 12.2. The second-order valence-electron chi connectivity index (χ2n) is 5.10. The van der Waals surface area contributed by atoms with Crippen molar-refractivity contribution in [3.05, 3.63) is 0 Å². The number of nitrogens with one attached hydrogen (secondary N) is 1. The Morgan fingerprint density at radius 2 is 2.00 bits per heavy atom. The van der Waals surface area contributed by atoms with Crippen LogP contribution in [0.25, 0.3) is 0 Å². The number of amides is 2. The first-order valence-corrected chi connectivity index (χ1v) is 7.03. The van der Waals surface area contributed by atoms with Gasteiger partial charge in [0, 0.05) is 19.0 Å². The van der Waals surface area contributed by atoms with Crippen molar-refractivity contribution in [3.8, 4) is 0 Å². The Labute approximate surface area is 110 Å². The average molecular weight is 272 g/mol. The molecule has 1 heterocycles. The van der Waals surface area contributed by atoms with E-state index in [9.17, 15) is 9.00 Å². The van der Waals surface area contributed by atoms with Crippen molar-refractivity contribution >= 4 is 27.0 Å². The first-order chi connectivity index (χ1) is 8.29. The predicted octanol–water partition coefficient (Wildman–Crippen LogP) is 1.52. The average Bonchev–Trinajstić information content (AvgIpc) is 2.66. The summed E-state index contributed by atoms with van der Waals surface area (Å²) in [4.78, 5) is 13.0. The summed E-state index contributed by atoms with van der Waals surface area (Å²) < 4.78 is 12.2. The van der Waals surface area contributed by atoms with Crippen LogP contribution in [0, 0.1) is 5.41 Å². The molecule has 0 aromatic carbocycles. The lowest BCUT2D eigenvalue weighted by molar-refractivity contribution is 0.227. The lowest BCUT2D eigenvalue weighted by atomic mass is 9.99. The lowest BCUT2D eigenvalue weighted by Gasteiger charge is -2.19. The highest BCUT2D eigenvalue weighted by Crippen LogP contribution is 2.23. The van der Waals surface area contributed by atoms with Gasteiger partial charge in [-0.15, -0.1) is 10.2 Å². The molecule has 0 saturated heterocycles. The van der Waals surface area contributed by atoms with E-state index >= 15 is 0 Å². The highest BCUT2D eigenvalue weighted by atomic mass is 32.2. The predicted molar refractivity (Wildman–Crippen MR) is 73.9 cm³/mol. The molecule has 7 heteroatoms. The Bertz CT molecular complexity index is 423. The van der Waals surface area contributed by atoms with E-state index in [1.807, 2.05) is 27.7 Å². The number of carbonyl (C=O) groups excluding carboxylic acids is 1. The highest BCUT2D eigenvalue weighted by molar-refractivity contribution is 8.14. The summed E-state index contributed by atoms with van der Waals surface area (Å²) >= 11 is 0. The second kappa shape index (κ2) is 5.60. The minimum absolute atomic E-state index is 0.188. The minimum atomic E-state index is -1.46. The standard InChI is InChI=1S/C11H20N4O2S/c1-6-7-12-9(16)15(5)10-14-13-8(18(10)17)11(2,3)4/h6-7H2,1-5H3,(H,12,16). The van der Waals surface area contributed by atoms with Crippen molar-refractivity contribution in [1.29, 1.82) is 0 Å². The van der Waals surface area contributed by atoms with Gasteiger partial charge in [0.05, 0.1) is 0 Å². The zero-order chi connectivity index (χ0) is 13.9. The van der Waals surface area contributed by atoms with Gasteiger partial charge in [-0.25, -0.2) is 9.00 Å². The monoisotopic (exact) mass is 272 g/mol. The molecule has 6 nitrogen and oxygen atoms in total. The SMILES string of the molecule is CCCNC(=O)N(C)C1=NN=C(C(C)(C)C)S1=O. The molecule has 1 N–H and O–H groups in total. The van der Waals surface area contributed by atoms with Gasteiger partial charge < -0.3 is 5.32 Å². The van der Waals surface area contributed by atoms with Gasteiger partial charge in [-0.2, -0.15) is 0 Å². The van der Waals surface area contributed by atoms with Crippen LogP contribution in [-0.4, -0.2) is 38.9 Å². The Kier molecular flexibility index (Phi) is 4.61. The van der Waals surface area contributed by atoms with E-state index < -0.39 is 10.8 Å². The highest BCUT2D eigenvalue weighted by Gasteiger charge is 2.35. The maximum Gasteiger partial charge on any atom is 0.323 e. The van der Waals surface area contributed by atoms with Gasteiger partial charge in [-0.1, -0.05) is 27.7 Å². The summed E-state index contributed by atoms with van der Waals surface area (Å²) in [5.41, 5.74) is -0.323. The number of nitrogens with zero attached hydrogens (tertiary/aromatic N) is 3. The number of carbonyl (C=O) groups is 1. The fourth-order valence-electron chi connectivity index (χ4n) is 1.31. The van der Waals surface area contributed by atoms with Crippen LogP contribution in [0.3, 0.4) is 0 Å². The molecule has 102 valence electrons. The Morgan fingerprint density at radius 1 is 1.39 bits per heavy atom. The normalized spacial score (nSPS) is 19.3. The first-order valence-electron chi connectivity index (χ1n) is 5.88. The molecule has 1 atom stereocenters. The second-order valence-corrected chi connectivity index (χ2v) is 6.39. The molecule has 0 aliphatic carbocycles. The van der Waals surface area contributed by atoms with Crippen LogP contribution in [-0.2, 0) is 10.8 Å². The van der Waals surface area contributed by atoms with E-state index in [2.05, 4.69) is 15.5 Å².